The number of hydrogen-bond acceptors (Lipinski definition) is 3. The lowest BCUT2D eigenvalue weighted by Crippen LogP contribution is -2.38. The van der Waals surface area contributed by atoms with Gasteiger partial charge in [0.25, 0.3) is 0 Å². The molecule has 3 rings (SSSR count). The number of aromatic nitrogens is 2. The minimum Gasteiger partial charge on any atom is -0.353 e. The van der Waals surface area contributed by atoms with Crippen LogP contribution in [0.3, 0.4) is 0 Å². The van der Waals surface area contributed by atoms with Crippen LogP contribution in [-0.2, 0) is 0 Å². The van der Waals surface area contributed by atoms with Crippen molar-refractivity contribution in [1.82, 2.24) is 9.97 Å². The lowest BCUT2D eigenvalue weighted by atomic mass is 10.0. The molecule has 1 aliphatic heterocycles. The molecule has 5 heteroatoms. The lowest BCUT2D eigenvalue weighted by Gasteiger charge is -2.35. The molecule has 1 aromatic carbocycles. The summed E-state index contributed by atoms with van der Waals surface area (Å²) in [4.78, 5) is 11.3. The summed E-state index contributed by atoms with van der Waals surface area (Å²) < 4.78 is 2.05. The van der Waals surface area contributed by atoms with E-state index in [1.165, 1.54) is 19.3 Å². The van der Waals surface area contributed by atoms with Gasteiger partial charge in [0.15, 0.2) is 0 Å². The summed E-state index contributed by atoms with van der Waals surface area (Å²) in [6, 6.07) is 4.68. The van der Waals surface area contributed by atoms with Crippen molar-refractivity contribution in [3.05, 3.63) is 27.4 Å². The maximum atomic E-state index is 4.54. The summed E-state index contributed by atoms with van der Waals surface area (Å²) in [5, 5.41) is 1.11. The van der Waals surface area contributed by atoms with E-state index in [4.69, 9.17) is 0 Å². The van der Waals surface area contributed by atoms with E-state index in [1.807, 2.05) is 6.07 Å². The van der Waals surface area contributed by atoms with Crippen molar-refractivity contribution in [3.8, 4) is 0 Å². The molecule has 1 saturated heterocycles. The quantitative estimate of drug-likeness (QED) is 0.722. The molecule has 0 bridgehead atoms. The normalized spacial score (nSPS) is 19.9. The Morgan fingerprint density at radius 3 is 2.84 bits per heavy atom. The minimum absolute atomic E-state index is 0.546. The van der Waals surface area contributed by atoms with E-state index in [-0.39, 0.29) is 0 Å². The largest absolute Gasteiger partial charge is 0.353 e. The van der Waals surface area contributed by atoms with E-state index in [9.17, 15) is 0 Å². The van der Waals surface area contributed by atoms with E-state index in [1.54, 1.807) is 6.33 Å². The van der Waals surface area contributed by atoms with Gasteiger partial charge < -0.3 is 4.90 Å². The third kappa shape index (κ3) is 2.50. The van der Waals surface area contributed by atoms with Gasteiger partial charge in [-0.05, 0) is 54.2 Å². The number of hydrogen-bond donors (Lipinski definition) is 0. The maximum absolute atomic E-state index is 4.54. The van der Waals surface area contributed by atoms with Gasteiger partial charge >= 0.3 is 0 Å². The summed E-state index contributed by atoms with van der Waals surface area (Å²) in [7, 11) is 0. The van der Waals surface area contributed by atoms with Crippen molar-refractivity contribution < 1.29 is 0 Å². The molecule has 100 valence electrons. The summed E-state index contributed by atoms with van der Waals surface area (Å²) in [5.41, 5.74) is 0.978. The molecule has 0 spiro atoms. The smallest absolute Gasteiger partial charge is 0.140 e. The third-order valence-electron chi connectivity index (χ3n) is 3.71. The molecule has 1 unspecified atom stereocenters. The average Bonchev–Trinajstić information content (AvgIpc) is 2.39. The van der Waals surface area contributed by atoms with Crippen LogP contribution in [0.15, 0.2) is 27.4 Å². The Hall–Kier alpha value is -0.680. The molecule has 1 atom stereocenters. The van der Waals surface area contributed by atoms with Gasteiger partial charge in [-0.2, -0.15) is 0 Å². The third-order valence-corrected chi connectivity index (χ3v) is 4.77. The second-order valence-corrected chi connectivity index (χ2v) is 6.79. The van der Waals surface area contributed by atoms with Gasteiger partial charge in [0.05, 0.1) is 5.52 Å². The van der Waals surface area contributed by atoms with Crippen molar-refractivity contribution in [2.45, 2.75) is 32.2 Å². The number of piperidine rings is 1. The molecule has 1 aromatic heterocycles. The van der Waals surface area contributed by atoms with E-state index in [0.29, 0.717) is 6.04 Å². The molecule has 3 nitrogen and oxygen atoms in total. The Bertz CT molecular complexity index is 615. The summed E-state index contributed by atoms with van der Waals surface area (Å²) in [6.07, 6.45) is 5.46. The van der Waals surface area contributed by atoms with Crippen LogP contribution in [0.5, 0.6) is 0 Å². The highest BCUT2D eigenvalue weighted by atomic mass is 79.9. The molecule has 0 amide bonds. The van der Waals surface area contributed by atoms with E-state index >= 15 is 0 Å². The van der Waals surface area contributed by atoms with Gasteiger partial charge in [-0.3, -0.25) is 0 Å². The summed E-state index contributed by atoms with van der Waals surface area (Å²) in [5.74, 6) is 1.05. The highest BCUT2D eigenvalue weighted by Gasteiger charge is 2.22. The fourth-order valence-corrected chi connectivity index (χ4v) is 4.05. The summed E-state index contributed by atoms with van der Waals surface area (Å²) in [6.45, 7) is 3.36. The van der Waals surface area contributed by atoms with Crippen LogP contribution in [0.25, 0.3) is 10.9 Å². The van der Waals surface area contributed by atoms with Crippen molar-refractivity contribution in [3.63, 3.8) is 0 Å². The summed E-state index contributed by atoms with van der Waals surface area (Å²) >= 11 is 7.13. The zero-order chi connectivity index (χ0) is 13.4. The first kappa shape index (κ1) is 13.3. The fraction of sp³-hybridized carbons (Fsp3) is 0.429. The van der Waals surface area contributed by atoms with Gasteiger partial charge in [0, 0.05) is 26.9 Å². The molecule has 2 aromatic rings. The molecule has 2 heterocycles. The molecule has 1 fully saturated rings. The van der Waals surface area contributed by atoms with Gasteiger partial charge in [-0.15, -0.1) is 0 Å². The van der Waals surface area contributed by atoms with Crippen LogP contribution in [0.1, 0.15) is 26.2 Å². The predicted molar refractivity (Wildman–Crippen MR) is 85.6 cm³/mol. The standard InChI is InChI=1S/C14H15Br2N3/c1-9-4-2-3-5-19(9)14-11-6-10(15)7-12(16)13(11)17-8-18-14/h6-9H,2-5H2,1H3. The second kappa shape index (κ2) is 5.37. The Morgan fingerprint density at radius 2 is 2.05 bits per heavy atom. The molecule has 0 saturated carbocycles. The number of rotatable bonds is 1. The lowest BCUT2D eigenvalue weighted by molar-refractivity contribution is 0.482. The Labute approximate surface area is 129 Å². The number of anilines is 1. The van der Waals surface area contributed by atoms with Gasteiger partial charge in [0.1, 0.15) is 12.1 Å². The second-order valence-electron chi connectivity index (χ2n) is 5.02. The van der Waals surface area contributed by atoms with Gasteiger partial charge in [-0.1, -0.05) is 15.9 Å². The number of halogens is 2. The number of nitrogens with zero attached hydrogens (tertiary/aromatic N) is 3. The molecule has 1 aliphatic rings. The van der Waals surface area contributed by atoms with E-state index < -0.39 is 0 Å². The average molecular weight is 385 g/mol. The van der Waals surface area contributed by atoms with Crippen molar-refractivity contribution in [2.75, 3.05) is 11.4 Å². The molecular weight excluding hydrogens is 370 g/mol. The first-order valence-electron chi connectivity index (χ1n) is 6.53. The number of fused-ring (bicyclic) bond motifs is 1. The molecular formula is C14H15Br2N3. The highest BCUT2D eigenvalue weighted by molar-refractivity contribution is 9.11. The highest BCUT2D eigenvalue weighted by Crippen LogP contribution is 2.34. The fourth-order valence-electron chi connectivity index (χ4n) is 2.72. The van der Waals surface area contributed by atoms with Crippen LogP contribution in [0.2, 0.25) is 0 Å². The van der Waals surface area contributed by atoms with Crippen molar-refractivity contribution in [2.24, 2.45) is 0 Å². The monoisotopic (exact) mass is 383 g/mol. The van der Waals surface area contributed by atoms with Crippen LogP contribution in [0, 0.1) is 0 Å². The Morgan fingerprint density at radius 1 is 1.21 bits per heavy atom. The Balaban J connectivity index is 2.17. The van der Waals surface area contributed by atoms with Crippen molar-refractivity contribution >= 4 is 48.6 Å². The van der Waals surface area contributed by atoms with E-state index in [2.05, 4.69) is 59.7 Å². The topological polar surface area (TPSA) is 29.0 Å². The molecule has 0 N–H and O–H groups in total. The first-order valence-corrected chi connectivity index (χ1v) is 8.12. The van der Waals surface area contributed by atoms with Crippen LogP contribution >= 0.6 is 31.9 Å². The van der Waals surface area contributed by atoms with Crippen LogP contribution < -0.4 is 4.90 Å². The Kier molecular flexibility index (Phi) is 3.76. The maximum Gasteiger partial charge on any atom is 0.140 e. The minimum atomic E-state index is 0.546. The SMILES string of the molecule is CC1CCCCN1c1ncnc2c(Br)cc(Br)cc12. The number of benzene rings is 1. The molecule has 19 heavy (non-hydrogen) atoms. The zero-order valence-electron chi connectivity index (χ0n) is 10.7. The molecule has 0 aliphatic carbocycles. The first-order chi connectivity index (χ1) is 9.16. The van der Waals surface area contributed by atoms with Crippen LogP contribution in [-0.4, -0.2) is 22.6 Å². The van der Waals surface area contributed by atoms with Gasteiger partial charge in [0.2, 0.25) is 0 Å². The van der Waals surface area contributed by atoms with E-state index in [0.717, 1.165) is 32.2 Å². The predicted octanol–water partition coefficient (Wildman–Crippen LogP) is 4.53. The van der Waals surface area contributed by atoms with Gasteiger partial charge in [-0.25, -0.2) is 9.97 Å². The molecule has 0 radical (unpaired) electrons. The zero-order valence-corrected chi connectivity index (χ0v) is 13.9. The van der Waals surface area contributed by atoms with Crippen molar-refractivity contribution in [1.29, 1.82) is 0 Å². The van der Waals surface area contributed by atoms with Crippen LogP contribution in [0.4, 0.5) is 5.82 Å².